The minimum atomic E-state index is -4.25. The van der Waals surface area contributed by atoms with E-state index in [4.69, 9.17) is 0 Å². The summed E-state index contributed by atoms with van der Waals surface area (Å²) in [5.41, 5.74) is 0.269. The van der Waals surface area contributed by atoms with Gasteiger partial charge in [0, 0.05) is 18.5 Å². The van der Waals surface area contributed by atoms with Gasteiger partial charge in [0.05, 0.1) is 6.54 Å². The Morgan fingerprint density at radius 1 is 1.30 bits per heavy atom. The van der Waals surface area contributed by atoms with E-state index >= 15 is 0 Å². The molecule has 1 heterocycles. The van der Waals surface area contributed by atoms with Crippen LogP contribution in [0.25, 0.3) is 0 Å². The monoisotopic (exact) mass is 290 g/mol. The highest BCUT2D eigenvalue weighted by Gasteiger charge is 2.34. The van der Waals surface area contributed by atoms with Crippen LogP contribution in [0.4, 0.5) is 17.6 Å². The molecule has 1 aliphatic rings. The number of alkyl halides is 3. The van der Waals surface area contributed by atoms with Crippen LogP contribution in [0.3, 0.4) is 0 Å². The van der Waals surface area contributed by atoms with Crippen molar-refractivity contribution in [3.8, 4) is 0 Å². The standard InChI is InChI=1S/C13H14F4N2O/c14-10-5-2-1-4-9(10)12-18-8-11(20)19(12)7-3-6-13(15,16)17/h1-2,4-5,12,18H,3,6-8H2. The number of carbonyl (C=O) groups excluding carboxylic acids is 1. The van der Waals surface area contributed by atoms with E-state index in [0.717, 1.165) is 0 Å². The minimum absolute atomic E-state index is 0.00498. The van der Waals surface area contributed by atoms with Crippen LogP contribution in [-0.2, 0) is 4.79 Å². The zero-order valence-electron chi connectivity index (χ0n) is 10.6. The summed E-state index contributed by atoms with van der Waals surface area (Å²) < 4.78 is 50.1. The molecule has 0 radical (unpaired) electrons. The van der Waals surface area contributed by atoms with Gasteiger partial charge in [-0.15, -0.1) is 0 Å². The molecule has 1 saturated heterocycles. The van der Waals surface area contributed by atoms with Crippen LogP contribution in [0.5, 0.6) is 0 Å². The van der Waals surface area contributed by atoms with Crippen molar-refractivity contribution < 1.29 is 22.4 Å². The van der Waals surface area contributed by atoms with Gasteiger partial charge in [-0.1, -0.05) is 18.2 Å². The quantitative estimate of drug-likeness (QED) is 0.865. The summed E-state index contributed by atoms with van der Waals surface area (Å²) in [5.74, 6) is -0.805. The number of amides is 1. The highest BCUT2D eigenvalue weighted by Crippen LogP contribution is 2.27. The predicted octanol–water partition coefficient (Wildman–Crippen LogP) is 2.60. The molecule has 1 aromatic carbocycles. The second-order valence-corrected chi connectivity index (χ2v) is 4.61. The first-order valence-corrected chi connectivity index (χ1v) is 6.22. The number of halogens is 4. The molecule has 20 heavy (non-hydrogen) atoms. The third-order valence-electron chi connectivity index (χ3n) is 3.14. The molecule has 1 aromatic rings. The smallest absolute Gasteiger partial charge is 0.322 e. The minimum Gasteiger partial charge on any atom is -0.322 e. The molecule has 0 saturated carbocycles. The van der Waals surface area contributed by atoms with Crippen molar-refractivity contribution >= 4 is 5.91 Å². The highest BCUT2D eigenvalue weighted by atomic mass is 19.4. The fourth-order valence-corrected chi connectivity index (χ4v) is 2.22. The Bertz CT molecular complexity index is 490. The Morgan fingerprint density at radius 3 is 2.65 bits per heavy atom. The van der Waals surface area contributed by atoms with Crippen molar-refractivity contribution in [3.05, 3.63) is 35.6 Å². The number of hydrogen-bond acceptors (Lipinski definition) is 2. The summed E-state index contributed by atoms with van der Waals surface area (Å²) in [6, 6.07) is 5.91. The molecule has 7 heteroatoms. The maximum absolute atomic E-state index is 13.7. The second kappa shape index (κ2) is 5.78. The molecule has 1 amide bonds. The fraction of sp³-hybridized carbons (Fsp3) is 0.462. The van der Waals surface area contributed by atoms with Gasteiger partial charge in [-0.25, -0.2) is 4.39 Å². The number of nitrogens with one attached hydrogen (secondary N) is 1. The van der Waals surface area contributed by atoms with Gasteiger partial charge in [0.2, 0.25) is 5.91 Å². The molecular weight excluding hydrogens is 276 g/mol. The highest BCUT2D eigenvalue weighted by molar-refractivity contribution is 5.80. The van der Waals surface area contributed by atoms with E-state index in [2.05, 4.69) is 5.32 Å². The van der Waals surface area contributed by atoms with Crippen molar-refractivity contribution in [2.75, 3.05) is 13.1 Å². The fourth-order valence-electron chi connectivity index (χ4n) is 2.22. The molecule has 1 unspecified atom stereocenters. The first-order valence-electron chi connectivity index (χ1n) is 6.22. The van der Waals surface area contributed by atoms with E-state index < -0.39 is 24.6 Å². The Morgan fingerprint density at radius 2 is 2.00 bits per heavy atom. The summed E-state index contributed by atoms with van der Waals surface area (Å²) in [7, 11) is 0. The molecule has 3 nitrogen and oxygen atoms in total. The predicted molar refractivity (Wildman–Crippen MR) is 64.1 cm³/mol. The van der Waals surface area contributed by atoms with E-state index in [9.17, 15) is 22.4 Å². The topological polar surface area (TPSA) is 32.3 Å². The first kappa shape index (κ1) is 14.8. The molecule has 0 aliphatic carbocycles. The maximum atomic E-state index is 13.7. The van der Waals surface area contributed by atoms with Crippen molar-refractivity contribution in [2.24, 2.45) is 0 Å². The zero-order chi connectivity index (χ0) is 14.8. The lowest BCUT2D eigenvalue weighted by atomic mass is 10.1. The molecule has 0 bridgehead atoms. The van der Waals surface area contributed by atoms with Crippen molar-refractivity contribution in [3.63, 3.8) is 0 Å². The molecule has 1 aliphatic heterocycles. The van der Waals surface area contributed by atoms with Crippen LogP contribution in [0.2, 0.25) is 0 Å². The third-order valence-corrected chi connectivity index (χ3v) is 3.14. The third kappa shape index (κ3) is 3.47. The molecule has 1 atom stereocenters. The molecular formula is C13H14F4N2O. The molecule has 0 aromatic heterocycles. The van der Waals surface area contributed by atoms with Gasteiger partial charge >= 0.3 is 6.18 Å². The Balaban J connectivity index is 2.06. The summed E-state index contributed by atoms with van der Waals surface area (Å²) in [4.78, 5) is 12.9. The van der Waals surface area contributed by atoms with E-state index in [0.29, 0.717) is 0 Å². The van der Waals surface area contributed by atoms with E-state index in [1.807, 2.05) is 0 Å². The SMILES string of the molecule is O=C1CNC(c2ccccc2F)N1CCCC(F)(F)F. The van der Waals surface area contributed by atoms with E-state index in [-0.39, 0.29) is 31.0 Å². The largest absolute Gasteiger partial charge is 0.389 e. The van der Waals surface area contributed by atoms with Crippen LogP contribution >= 0.6 is 0 Å². The lowest BCUT2D eigenvalue weighted by Crippen LogP contribution is -2.32. The average Bonchev–Trinajstić information content (AvgIpc) is 2.70. The lowest BCUT2D eigenvalue weighted by molar-refractivity contribution is -0.139. The number of nitrogens with zero attached hydrogens (tertiary/aromatic N) is 1. The van der Waals surface area contributed by atoms with Crippen molar-refractivity contribution in [1.82, 2.24) is 10.2 Å². The van der Waals surface area contributed by atoms with Gasteiger partial charge in [0.25, 0.3) is 0 Å². The van der Waals surface area contributed by atoms with Crippen LogP contribution in [0.15, 0.2) is 24.3 Å². The van der Waals surface area contributed by atoms with Gasteiger partial charge < -0.3 is 4.90 Å². The summed E-state index contributed by atoms with van der Waals surface area (Å²) >= 11 is 0. The van der Waals surface area contributed by atoms with Crippen molar-refractivity contribution in [2.45, 2.75) is 25.2 Å². The van der Waals surface area contributed by atoms with Crippen LogP contribution in [0.1, 0.15) is 24.6 Å². The van der Waals surface area contributed by atoms with E-state index in [1.54, 1.807) is 6.07 Å². The maximum Gasteiger partial charge on any atom is 0.389 e. The van der Waals surface area contributed by atoms with Gasteiger partial charge in [-0.3, -0.25) is 10.1 Å². The number of rotatable bonds is 4. The summed E-state index contributed by atoms with van der Waals surface area (Å²) in [5, 5.41) is 2.82. The van der Waals surface area contributed by atoms with Gasteiger partial charge in [-0.05, 0) is 12.5 Å². The van der Waals surface area contributed by atoms with Crippen LogP contribution in [0, 0.1) is 5.82 Å². The number of hydrogen-bond donors (Lipinski definition) is 1. The zero-order valence-corrected chi connectivity index (χ0v) is 10.6. The molecule has 1 N–H and O–H groups in total. The number of carbonyl (C=O) groups is 1. The molecule has 110 valence electrons. The molecule has 2 rings (SSSR count). The van der Waals surface area contributed by atoms with Crippen LogP contribution < -0.4 is 5.32 Å². The lowest BCUT2D eigenvalue weighted by Gasteiger charge is -2.25. The molecule has 1 fully saturated rings. The second-order valence-electron chi connectivity index (χ2n) is 4.61. The van der Waals surface area contributed by atoms with Gasteiger partial charge in [-0.2, -0.15) is 13.2 Å². The summed E-state index contributed by atoms with van der Waals surface area (Å²) in [6.45, 7) is -0.0463. The number of benzene rings is 1. The molecule has 0 spiro atoms. The first-order chi connectivity index (χ1) is 9.38. The van der Waals surface area contributed by atoms with Gasteiger partial charge in [0.15, 0.2) is 0 Å². The summed E-state index contributed by atoms with van der Waals surface area (Å²) in [6.07, 6.45) is -6.09. The van der Waals surface area contributed by atoms with Gasteiger partial charge in [0.1, 0.15) is 12.0 Å². The van der Waals surface area contributed by atoms with Crippen LogP contribution in [-0.4, -0.2) is 30.1 Å². The normalized spacial score (nSPS) is 19.7. The Kier molecular flexibility index (Phi) is 4.27. The Labute approximate surface area is 113 Å². The Hall–Kier alpha value is -1.63. The average molecular weight is 290 g/mol. The van der Waals surface area contributed by atoms with Crippen molar-refractivity contribution in [1.29, 1.82) is 0 Å². The van der Waals surface area contributed by atoms with E-state index in [1.165, 1.54) is 23.1 Å².